The van der Waals surface area contributed by atoms with Gasteiger partial charge in [-0.3, -0.25) is 0 Å². The second-order valence-corrected chi connectivity index (χ2v) is 4.57. The number of carboxylic acids is 2. The van der Waals surface area contributed by atoms with E-state index >= 15 is 0 Å². The van der Waals surface area contributed by atoms with Gasteiger partial charge in [0.1, 0.15) is 6.26 Å². The zero-order valence-corrected chi connectivity index (χ0v) is 11.3. The molecule has 0 amide bonds. The number of hydrogen-bond donors (Lipinski definition) is 2. The molecule has 1 unspecified atom stereocenters. The Morgan fingerprint density at radius 1 is 1.10 bits per heavy atom. The summed E-state index contributed by atoms with van der Waals surface area (Å²) in [6, 6.07) is 9.18. The lowest BCUT2D eigenvalue weighted by Gasteiger charge is -2.06. The summed E-state index contributed by atoms with van der Waals surface area (Å²) in [4.78, 5) is 20.8. The summed E-state index contributed by atoms with van der Waals surface area (Å²) in [5.74, 6) is -1.75. The van der Waals surface area contributed by atoms with Crippen LogP contribution in [0.4, 0.5) is 0 Å². The fraction of sp³-hybridized carbons (Fsp3) is 0.125. The maximum absolute atomic E-state index is 10.8. The molecule has 2 aromatic rings. The lowest BCUT2D eigenvalue weighted by molar-refractivity contribution is -0.132. The van der Waals surface area contributed by atoms with Crippen LogP contribution in [0.15, 0.2) is 52.8 Å². The van der Waals surface area contributed by atoms with Crippen LogP contribution in [0.25, 0.3) is 6.08 Å². The van der Waals surface area contributed by atoms with Crippen molar-refractivity contribution in [3.63, 3.8) is 0 Å². The maximum atomic E-state index is 10.8. The van der Waals surface area contributed by atoms with Crippen molar-refractivity contribution in [1.82, 2.24) is 0 Å². The summed E-state index contributed by atoms with van der Waals surface area (Å²) in [7, 11) is 0. The van der Waals surface area contributed by atoms with E-state index in [0.717, 1.165) is 11.1 Å². The van der Waals surface area contributed by atoms with Crippen LogP contribution in [0.1, 0.15) is 34.3 Å². The molecule has 0 saturated heterocycles. The van der Waals surface area contributed by atoms with Gasteiger partial charge in [-0.2, -0.15) is 0 Å². The van der Waals surface area contributed by atoms with Gasteiger partial charge in [-0.15, -0.1) is 0 Å². The van der Waals surface area contributed by atoms with Gasteiger partial charge in [-0.05, 0) is 23.3 Å². The highest BCUT2D eigenvalue weighted by atomic mass is 16.4. The summed E-state index contributed by atoms with van der Waals surface area (Å²) < 4.78 is 4.49. The van der Waals surface area contributed by atoms with Crippen LogP contribution in [-0.2, 0) is 4.79 Å². The summed E-state index contributed by atoms with van der Waals surface area (Å²) in [6.07, 6.45) is 4.26. The number of benzene rings is 1. The molecule has 108 valence electrons. The molecule has 1 aliphatic carbocycles. The van der Waals surface area contributed by atoms with Crippen molar-refractivity contribution in [2.24, 2.45) is 0 Å². The van der Waals surface area contributed by atoms with Crippen LogP contribution in [0.2, 0.25) is 0 Å². The van der Waals surface area contributed by atoms with Gasteiger partial charge in [0.15, 0.2) is 0 Å². The van der Waals surface area contributed by atoms with Crippen LogP contribution in [0.3, 0.4) is 0 Å². The number of carbonyl (C=O) groups is 2. The topological polar surface area (TPSA) is 87.7 Å². The molecule has 21 heavy (non-hydrogen) atoms. The number of furan rings is 1. The highest BCUT2D eigenvalue weighted by Gasteiger charge is 2.24. The Morgan fingerprint density at radius 3 is 2.29 bits per heavy atom. The molecule has 0 saturated carbocycles. The van der Waals surface area contributed by atoms with Crippen molar-refractivity contribution in [3.05, 3.63) is 65.1 Å². The highest BCUT2D eigenvalue weighted by molar-refractivity contribution is 5.96. The van der Waals surface area contributed by atoms with Crippen molar-refractivity contribution < 1.29 is 24.2 Å². The number of rotatable bonds is 2. The number of carboxylic acid groups (broad SMARTS) is 2. The van der Waals surface area contributed by atoms with E-state index in [1.54, 1.807) is 6.08 Å². The Bertz CT molecular complexity index is 682. The van der Waals surface area contributed by atoms with E-state index in [1.807, 2.05) is 31.2 Å². The van der Waals surface area contributed by atoms with Gasteiger partial charge in [0.05, 0.1) is 11.8 Å². The van der Waals surface area contributed by atoms with Crippen molar-refractivity contribution in [2.45, 2.75) is 12.8 Å². The standard InChI is InChI=1S/C11H10O2.C5H4O3/c1-7-9-5-3-2-4-8(9)6-10(7)11(12)13;6-5(7)4-1-2-8-3-4/h2-7H,1H3,(H,12,13);1-3H,(H,6,7). The third-order valence-corrected chi connectivity index (χ3v) is 3.26. The lowest BCUT2D eigenvalue weighted by atomic mass is 9.98. The third-order valence-electron chi connectivity index (χ3n) is 3.26. The first-order valence-electron chi connectivity index (χ1n) is 6.30. The van der Waals surface area contributed by atoms with E-state index in [2.05, 4.69) is 4.42 Å². The fourth-order valence-electron chi connectivity index (χ4n) is 2.13. The van der Waals surface area contributed by atoms with E-state index in [1.165, 1.54) is 18.6 Å². The monoisotopic (exact) mass is 286 g/mol. The van der Waals surface area contributed by atoms with Gasteiger partial charge in [-0.1, -0.05) is 31.2 Å². The number of aliphatic carboxylic acids is 1. The van der Waals surface area contributed by atoms with E-state index in [-0.39, 0.29) is 11.5 Å². The number of fused-ring (bicyclic) bond motifs is 1. The van der Waals surface area contributed by atoms with Crippen LogP contribution in [0.5, 0.6) is 0 Å². The van der Waals surface area contributed by atoms with Gasteiger partial charge < -0.3 is 14.6 Å². The normalized spacial score (nSPS) is 15.5. The second kappa shape index (κ2) is 6.09. The minimum atomic E-state index is -0.959. The minimum absolute atomic E-state index is 0.0219. The van der Waals surface area contributed by atoms with Crippen molar-refractivity contribution >= 4 is 18.0 Å². The maximum Gasteiger partial charge on any atom is 0.338 e. The average molecular weight is 286 g/mol. The van der Waals surface area contributed by atoms with E-state index in [4.69, 9.17) is 10.2 Å². The summed E-state index contributed by atoms with van der Waals surface area (Å²) >= 11 is 0. The SMILES string of the molecule is CC1C(C(=O)O)=Cc2ccccc21.O=C(O)c1ccoc1. The molecule has 1 aromatic heterocycles. The zero-order chi connectivity index (χ0) is 15.4. The fourth-order valence-corrected chi connectivity index (χ4v) is 2.13. The molecule has 1 aromatic carbocycles. The van der Waals surface area contributed by atoms with Crippen molar-refractivity contribution in [1.29, 1.82) is 0 Å². The smallest absolute Gasteiger partial charge is 0.338 e. The first kappa shape index (κ1) is 14.6. The van der Waals surface area contributed by atoms with Gasteiger partial charge in [-0.25, -0.2) is 9.59 Å². The first-order valence-corrected chi connectivity index (χ1v) is 6.30. The van der Waals surface area contributed by atoms with Gasteiger partial charge in [0, 0.05) is 11.5 Å². The largest absolute Gasteiger partial charge is 0.478 e. The van der Waals surface area contributed by atoms with Crippen molar-refractivity contribution in [3.8, 4) is 0 Å². The molecular weight excluding hydrogens is 272 g/mol. The molecule has 5 nitrogen and oxygen atoms in total. The molecule has 1 heterocycles. The van der Waals surface area contributed by atoms with E-state index in [0.29, 0.717) is 5.57 Å². The van der Waals surface area contributed by atoms with E-state index < -0.39 is 11.9 Å². The van der Waals surface area contributed by atoms with Gasteiger partial charge >= 0.3 is 11.9 Å². The van der Waals surface area contributed by atoms with Gasteiger partial charge in [0.2, 0.25) is 0 Å². The summed E-state index contributed by atoms with van der Waals surface area (Å²) in [5, 5.41) is 17.1. The first-order chi connectivity index (χ1) is 10.0. The third kappa shape index (κ3) is 3.20. The number of hydrogen-bond acceptors (Lipinski definition) is 3. The minimum Gasteiger partial charge on any atom is -0.478 e. The molecule has 0 fully saturated rings. The molecule has 1 atom stereocenters. The molecule has 0 aliphatic heterocycles. The zero-order valence-electron chi connectivity index (χ0n) is 11.3. The average Bonchev–Trinajstić information content (AvgIpc) is 3.08. The molecule has 0 radical (unpaired) electrons. The highest BCUT2D eigenvalue weighted by Crippen LogP contribution is 2.35. The van der Waals surface area contributed by atoms with Crippen LogP contribution in [-0.4, -0.2) is 22.2 Å². The van der Waals surface area contributed by atoms with E-state index in [9.17, 15) is 9.59 Å². The number of aromatic carboxylic acids is 1. The van der Waals surface area contributed by atoms with Crippen molar-refractivity contribution in [2.75, 3.05) is 0 Å². The second-order valence-electron chi connectivity index (χ2n) is 4.57. The van der Waals surface area contributed by atoms with Crippen LogP contribution in [0, 0.1) is 0 Å². The molecule has 1 aliphatic rings. The Labute approximate surface area is 121 Å². The molecule has 5 heteroatoms. The Hall–Kier alpha value is -2.82. The predicted molar refractivity (Wildman–Crippen MR) is 76.1 cm³/mol. The Kier molecular flexibility index (Phi) is 4.23. The summed E-state index contributed by atoms with van der Waals surface area (Å²) in [6.45, 7) is 1.92. The molecule has 0 spiro atoms. The molecule has 3 rings (SSSR count). The quantitative estimate of drug-likeness (QED) is 0.884. The molecule has 0 bridgehead atoms. The predicted octanol–water partition coefficient (Wildman–Crippen LogP) is 3.25. The Balaban J connectivity index is 0.000000173. The van der Waals surface area contributed by atoms with Gasteiger partial charge in [0.25, 0.3) is 0 Å². The molecule has 2 N–H and O–H groups in total. The lowest BCUT2D eigenvalue weighted by Crippen LogP contribution is -2.03. The van der Waals surface area contributed by atoms with Crippen LogP contribution >= 0.6 is 0 Å². The summed E-state index contributed by atoms with van der Waals surface area (Å²) in [5.41, 5.74) is 2.82. The Morgan fingerprint density at radius 2 is 1.81 bits per heavy atom. The van der Waals surface area contributed by atoms with Crippen LogP contribution < -0.4 is 0 Å². The molecular formula is C16H14O5.